The highest BCUT2D eigenvalue weighted by molar-refractivity contribution is 7.71. The molecular weight excluding hydrogens is 311 g/mol. The maximum atomic E-state index is 12.6. The molecule has 0 fully saturated rings. The molecule has 2 aromatic rings. The molecular formula is C10H6F3N5O2S. The Bertz CT molecular complexity index is 765. The van der Waals surface area contributed by atoms with Gasteiger partial charge in [0.05, 0.1) is 11.1 Å². The molecule has 0 aliphatic heterocycles. The van der Waals surface area contributed by atoms with Gasteiger partial charge in [-0.05, 0) is 12.2 Å². The fourth-order valence-electron chi connectivity index (χ4n) is 1.43. The predicted molar refractivity (Wildman–Crippen MR) is 68.5 cm³/mol. The van der Waals surface area contributed by atoms with Crippen LogP contribution in [-0.2, 0) is 6.18 Å². The van der Waals surface area contributed by atoms with Gasteiger partial charge < -0.3 is 0 Å². The van der Waals surface area contributed by atoms with Crippen molar-refractivity contribution in [3.8, 4) is 0 Å². The van der Waals surface area contributed by atoms with E-state index < -0.39 is 16.9 Å². The molecule has 0 unspecified atom stereocenters. The van der Waals surface area contributed by atoms with Crippen LogP contribution in [0.1, 0.15) is 11.4 Å². The number of aromatic amines is 1. The van der Waals surface area contributed by atoms with E-state index in [2.05, 4.69) is 22.4 Å². The summed E-state index contributed by atoms with van der Waals surface area (Å²) < 4.78 is 38.0. The summed E-state index contributed by atoms with van der Waals surface area (Å²) in [5, 5.41) is 19.2. The number of hydrogen-bond donors (Lipinski definition) is 1. The summed E-state index contributed by atoms with van der Waals surface area (Å²) in [6, 6.07) is 5.26. The highest BCUT2D eigenvalue weighted by Gasteiger charge is 2.37. The zero-order valence-corrected chi connectivity index (χ0v) is 10.9. The molecule has 0 spiro atoms. The van der Waals surface area contributed by atoms with Crippen molar-refractivity contribution in [2.24, 2.45) is 5.10 Å². The maximum Gasteiger partial charge on any atom is 0.453 e. The number of aromatic nitrogens is 3. The highest BCUT2D eigenvalue weighted by atomic mass is 32.1. The van der Waals surface area contributed by atoms with Crippen molar-refractivity contribution in [3.63, 3.8) is 0 Å². The monoisotopic (exact) mass is 317 g/mol. The third kappa shape index (κ3) is 3.31. The van der Waals surface area contributed by atoms with Gasteiger partial charge in [-0.2, -0.15) is 22.9 Å². The van der Waals surface area contributed by atoms with E-state index in [9.17, 15) is 23.3 Å². The van der Waals surface area contributed by atoms with Crippen molar-refractivity contribution in [2.45, 2.75) is 6.18 Å². The third-order valence-electron chi connectivity index (χ3n) is 2.31. The Morgan fingerprint density at radius 2 is 2.19 bits per heavy atom. The van der Waals surface area contributed by atoms with Crippen molar-refractivity contribution < 1.29 is 18.1 Å². The molecule has 21 heavy (non-hydrogen) atoms. The largest absolute Gasteiger partial charge is 0.453 e. The molecule has 7 nitrogen and oxygen atoms in total. The van der Waals surface area contributed by atoms with Crippen LogP contribution >= 0.6 is 12.2 Å². The molecule has 0 aliphatic carbocycles. The van der Waals surface area contributed by atoms with Crippen molar-refractivity contribution >= 4 is 24.1 Å². The van der Waals surface area contributed by atoms with Gasteiger partial charge in [-0.3, -0.25) is 10.1 Å². The topological polar surface area (TPSA) is 89.1 Å². The fraction of sp³-hybridized carbons (Fsp3) is 0.100. The van der Waals surface area contributed by atoms with E-state index in [0.717, 1.165) is 6.21 Å². The number of halogens is 3. The quantitative estimate of drug-likeness (QED) is 0.408. The van der Waals surface area contributed by atoms with Crippen molar-refractivity contribution in [1.29, 1.82) is 0 Å². The first-order valence-corrected chi connectivity index (χ1v) is 5.73. The van der Waals surface area contributed by atoms with Crippen LogP contribution in [0.4, 0.5) is 18.9 Å². The van der Waals surface area contributed by atoms with Crippen LogP contribution in [0.3, 0.4) is 0 Å². The Hall–Kier alpha value is -2.56. The molecule has 0 atom stereocenters. The summed E-state index contributed by atoms with van der Waals surface area (Å²) in [4.78, 5) is 9.98. The lowest BCUT2D eigenvalue weighted by atomic mass is 10.2. The molecule has 1 heterocycles. The number of rotatable bonds is 3. The zero-order valence-electron chi connectivity index (χ0n) is 10.0. The molecule has 0 saturated carbocycles. The molecule has 2 rings (SSSR count). The fourth-order valence-corrected chi connectivity index (χ4v) is 1.60. The lowest BCUT2D eigenvalue weighted by Gasteiger charge is -2.03. The first-order valence-electron chi connectivity index (χ1n) is 5.32. The molecule has 0 saturated heterocycles. The van der Waals surface area contributed by atoms with Gasteiger partial charge in [0.2, 0.25) is 4.77 Å². The summed E-state index contributed by atoms with van der Waals surface area (Å²) in [7, 11) is 0. The van der Waals surface area contributed by atoms with Gasteiger partial charge in [-0.15, -0.1) is 5.10 Å². The van der Waals surface area contributed by atoms with E-state index in [-0.39, 0.29) is 16.0 Å². The number of H-pyrrole nitrogens is 1. The number of hydrogen-bond acceptors (Lipinski definition) is 5. The second kappa shape index (κ2) is 5.44. The SMILES string of the molecule is O=[N+]([O-])c1cccc(/C=N/n2c(C(F)(F)F)n[nH]c2=S)c1. The van der Waals surface area contributed by atoms with E-state index >= 15 is 0 Å². The second-order valence-electron chi connectivity index (χ2n) is 3.76. The van der Waals surface area contributed by atoms with E-state index in [1.807, 2.05) is 5.10 Å². The van der Waals surface area contributed by atoms with Crippen molar-refractivity contribution in [3.05, 3.63) is 50.5 Å². The van der Waals surface area contributed by atoms with Gasteiger partial charge >= 0.3 is 6.18 Å². The standard InChI is InChI=1S/C10H6F3N5O2S/c11-10(12,13)8-15-16-9(21)17(8)14-5-6-2-1-3-7(4-6)18(19)20/h1-5H,(H,16,21)/b14-5+. The van der Waals surface area contributed by atoms with Crippen LogP contribution in [0.15, 0.2) is 29.4 Å². The van der Waals surface area contributed by atoms with Crippen molar-refractivity contribution in [1.82, 2.24) is 14.9 Å². The summed E-state index contributed by atoms with van der Waals surface area (Å²) in [6.07, 6.45) is -3.71. The Kier molecular flexibility index (Phi) is 3.84. The normalized spacial score (nSPS) is 12.0. The first kappa shape index (κ1) is 14.8. The number of benzene rings is 1. The molecule has 1 N–H and O–H groups in total. The van der Waals surface area contributed by atoms with Crippen LogP contribution in [0.2, 0.25) is 0 Å². The van der Waals surface area contributed by atoms with Gasteiger partial charge in [0.15, 0.2) is 0 Å². The van der Waals surface area contributed by atoms with Gasteiger partial charge in [-0.25, -0.2) is 5.10 Å². The number of nitro groups is 1. The number of nitrogens with one attached hydrogen (secondary N) is 1. The van der Waals surface area contributed by atoms with Crippen LogP contribution in [-0.4, -0.2) is 26.0 Å². The van der Waals surface area contributed by atoms with E-state index in [1.165, 1.54) is 24.3 Å². The van der Waals surface area contributed by atoms with Gasteiger partial charge in [0.1, 0.15) is 0 Å². The molecule has 11 heteroatoms. The average Bonchev–Trinajstić information content (AvgIpc) is 2.78. The number of alkyl halides is 3. The van der Waals surface area contributed by atoms with Crippen LogP contribution in [0, 0.1) is 14.9 Å². The Labute approximate surface area is 119 Å². The lowest BCUT2D eigenvalue weighted by Crippen LogP contribution is -2.12. The summed E-state index contributed by atoms with van der Waals surface area (Å²) in [5.74, 6) is -1.31. The summed E-state index contributed by atoms with van der Waals surface area (Å²) >= 11 is 4.65. The Morgan fingerprint density at radius 1 is 1.48 bits per heavy atom. The van der Waals surface area contributed by atoms with Crippen molar-refractivity contribution in [2.75, 3.05) is 0 Å². The number of non-ortho nitro benzene ring substituents is 1. The third-order valence-corrected chi connectivity index (χ3v) is 2.57. The van der Waals surface area contributed by atoms with Gasteiger partial charge in [-0.1, -0.05) is 12.1 Å². The number of nitro benzene ring substituents is 1. The van der Waals surface area contributed by atoms with E-state index in [4.69, 9.17) is 0 Å². The molecule has 1 aromatic heterocycles. The minimum atomic E-state index is -4.73. The molecule has 0 bridgehead atoms. The molecule has 0 radical (unpaired) electrons. The minimum absolute atomic E-state index is 0.203. The lowest BCUT2D eigenvalue weighted by molar-refractivity contribution is -0.384. The van der Waals surface area contributed by atoms with E-state index in [0.29, 0.717) is 4.68 Å². The Morgan fingerprint density at radius 3 is 2.81 bits per heavy atom. The second-order valence-corrected chi connectivity index (χ2v) is 4.15. The Balaban J connectivity index is 2.39. The van der Waals surface area contributed by atoms with Gasteiger partial charge in [0, 0.05) is 17.7 Å². The first-order chi connectivity index (χ1) is 9.79. The maximum absolute atomic E-state index is 12.6. The summed E-state index contributed by atoms with van der Waals surface area (Å²) in [6.45, 7) is 0. The minimum Gasteiger partial charge on any atom is -0.258 e. The smallest absolute Gasteiger partial charge is 0.258 e. The average molecular weight is 317 g/mol. The van der Waals surface area contributed by atoms with Gasteiger partial charge in [0.25, 0.3) is 11.5 Å². The highest BCUT2D eigenvalue weighted by Crippen LogP contribution is 2.27. The predicted octanol–water partition coefficient (Wildman–Crippen LogP) is 2.75. The van der Waals surface area contributed by atoms with E-state index in [1.54, 1.807) is 0 Å². The van der Waals surface area contributed by atoms with Crippen LogP contribution in [0.5, 0.6) is 0 Å². The molecule has 1 aromatic carbocycles. The molecule has 110 valence electrons. The molecule has 0 aliphatic rings. The summed E-state index contributed by atoms with van der Waals surface area (Å²) in [5.41, 5.74) is 0.0474. The number of nitrogens with zero attached hydrogens (tertiary/aromatic N) is 4. The molecule has 0 amide bonds. The zero-order chi connectivity index (χ0) is 15.6. The van der Waals surface area contributed by atoms with Crippen LogP contribution < -0.4 is 0 Å². The van der Waals surface area contributed by atoms with Crippen LogP contribution in [0.25, 0.3) is 0 Å².